The molecule has 0 radical (unpaired) electrons. The van der Waals surface area contributed by atoms with E-state index in [1.165, 1.54) is 36.4 Å². The first-order chi connectivity index (χ1) is 11.3. The number of rotatable bonds is 4. The Hall–Kier alpha value is -3.03. The average Bonchev–Trinajstić information content (AvgIpc) is 2.52. The summed E-state index contributed by atoms with van der Waals surface area (Å²) < 4.78 is 42.8. The molecule has 0 aliphatic rings. The van der Waals surface area contributed by atoms with Gasteiger partial charge in [-0.15, -0.1) is 0 Å². The number of urea groups is 1. The first kappa shape index (κ1) is 17.3. The molecule has 5 nitrogen and oxygen atoms in total. The summed E-state index contributed by atoms with van der Waals surface area (Å²) in [5.41, 5.74) is 4.97. The van der Waals surface area contributed by atoms with Gasteiger partial charge < -0.3 is 15.8 Å². The van der Waals surface area contributed by atoms with Crippen molar-refractivity contribution in [3.63, 3.8) is 0 Å². The van der Waals surface area contributed by atoms with Crippen LogP contribution in [0, 0.1) is 0 Å². The van der Waals surface area contributed by atoms with Crippen LogP contribution in [0.25, 0.3) is 0 Å². The molecule has 24 heavy (non-hydrogen) atoms. The van der Waals surface area contributed by atoms with Crippen molar-refractivity contribution < 1.29 is 27.5 Å². The van der Waals surface area contributed by atoms with Crippen molar-refractivity contribution in [3.8, 4) is 0 Å². The summed E-state index contributed by atoms with van der Waals surface area (Å²) >= 11 is 0. The summed E-state index contributed by atoms with van der Waals surface area (Å²) in [5.74, 6) is -0.696. The number of carbonyl (C=O) groups excluding carboxylic acids is 2. The minimum atomic E-state index is -4.46. The smallest absolute Gasteiger partial charge is 0.416 e. The van der Waals surface area contributed by atoms with Crippen LogP contribution < -0.4 is 11.1 Å². The molecule has 0 heterocycles. The Morgan fingerprint density at radius 3 is 2.33 bits per heavy atom. The molecule has 0 aliphatic carbocycles. The van der Waals surface area contributed by atoms with Gasteiger partial charge in [0.05, 0.1) is 11.1 Å². The molecule has 0 saturated carbocycles. The highest BCUT2D eigenvalue weighted by atomic mass is 19.4. The lowest BCUT2D eigenvalue weighted by molar-refractivity contribution is -0.137. The highest BCUT2D eigenvalue weighted by Gasteiger charge is 2.30. The maximum atomic E-state index is 12.6. The highest BCUT2D eigenvalue weighted by Crippen LogP contribution is 2.29. The fourth-order valence-corrected chi connectivity index (χ4v) is 1.90. The van der Waals surface area contributed by atoms with E-state index >= 15 is 0 Å². The molecule has 3 N–H and O–H groups in total. The van der Waals surface area contributed by atoms with Gasteiger partial charge in [0.2, 0.25) is 0 Å². The Morgan fingerprint density at radius 1 is 1.08 bits per heavy atom. The van der Waals surface area contributed by atoms with E-state index in [9.17, 15) is 22.8 Å². The van der Waals surface area contributed by atoms with Crippen molar-refractivity contribution in [1.82, 2.24) is 0 Å². The molecular weight excluding hydrogens is 325 g/mol. The van der Waals surface area contributed by atoms with Crippen molar-refractivity contribution in [2.45, 2.75) is 12.8 Å². The molecule has 2 amide bonds. The van der Waals surface area contributed by atoms with Crippen LogP contribution in [-0.2, 0) is 17.5 Å². The number of esters is 1. The minimum absolute atomic E-state index is 0.192. The molecule has 2 rings (SSSR count). The number of carbonyl (C=O) groups is 2. The second-order valence-corrected chi connectivity index (χ2v) is 4.84. The van der Waals surface area contributed by atoms with Crippen molar-refractivity contribution in [1.29, 1.82) is 0 Å². The van der Waals surface area contributed by atoms with Crippen LogP contribution in [0.2, 0.25) is 0 Å². The van der Waals surface area contributed by atoms with Gasteiger partial charge in [-0.25, -0.2) is 9.59 Å². The molecule has 0 aromatic heterocycles. The number of benzene rings is 2. The first-order valence-corrected chi connectivity index (χ1v) is 6.75. The van der Waals surface area contributed by atoms with Crippen molar-refractivity contribution in [2.24, 2.45) is 5.73 Å². The molecule has 0 aliphatic heterocycles. The predicted octanol–water partition coefficient (Wildman–Crippen LogP) is 3.55. The molecule has 0 spiro atoms. The topological polar surface area (TPSA) is 81.4 Å². The monoisotopic (exact) mass is 338 g/mol. The molecule has 0 saturated heterocycles. The van der Waals surface area contributed by atoms with E-state index in [0.717, 1.165) is 12.1 Å². The lowest BCUT2D eigenvalue weighted by atomic mass is 10.1. The van der Waals surface area contributed by atoms with Crippen LogP contribution in [0.1, 0.15) is 21.5 Å². The lowest BCUT2D eigenvalue weighted by Crippen LogP contribution is -2.19. The Bertz CT molecular complexity index is 743. The van der Waals surface area contributed by atoms with Crippen molar-refractivity contribution >= 4 is 17.7 Å². The van der Waals surface area contributed by atoms with Crippen molar-refractivity contribution in [3.05, 3.63) is 65.2 Å². The maximum Gasteiger partial charge on any atom is 0.416 e. The quantitative estimate of drug-likeness (QED) is 0.837. The normalized spacial score (nSPS) is 11.0. The number of halogens is 3. The van der Waals surface area contributed by atoms with Gasteiger partial charge in [0.25, 0.3) is 0 Å². The standard InChI is InChI=1S/C16H13F3N2O3/c17-16(18,19)12-3-1-2-10(8-12)9-24-14(22)11-4-6-13(7-5-11)21-15(20)23/h1-8H,9H2,(H3,20,21,23). The Kier molecular flexibility index (Phi) is 5.08. The summed E-state index contributed by atoms with van der Waals surface area (Å²) in [7, 11) is 0. The Morgan fingerprint density at radius 2 is 1.75 bits per heavy atom. The molecule has 0 fully saturated rings. The van der Waals surface area contributed by atoms with E-state index in [1.807, 2.05) is 0 Å². The van der Waals surface area contributed by atoms with Crippen LogP contribution in [0.4, 0.5) is 23.7 Å². The van der Waals surface area contributed by atoms with Gasteiger partial charge in [-0.1, -0.05) is 12.1 Å². The van der Waals surface area contributed by atoms with Crippen molar-refractivity contribution in [2.75, 3.05) is 5.32 Å². The summed E-state index contributed by atoms with van der Waals surface area (Å²) in [6.45, 7) is -0.288. The molecule has 126 valence electrons. The predicted molar refractivity (Wildman–Crippen MR) is 80.2 cm³/mol. The maximum absolute atomic E-state index is 12.6. The third-order valence-electron chi connectivity index (χ3n) is 3.01. The largest absolute Gasteiger partial charge is 0.457 e. The van der Waals surface area contributed by atoms with E-state index in [1.54, 1.807) is 0 Å². The number of hydrogen-bond donors (Lipinski definition) is 2. The highest BCUT2D eigenvalue weighted by molar-refractivity contribution is 5.91. The summed E-state index contributed by atoms with van der Waals surface area (Å²) in [6.07, 6.45) is -4.46. The number of anilines is 1. The molecule has 2 aromatic carbocycles. The summed E-state index contributed by atoms with van der Waals surface area (Å²) in [6, 6.07) is 9.51. The second-order valence-electron chi connectivity index (χ2n) is 4.84. The van der Waals surface area contributed by atoms with Gasteiger partial charge in [-0.3, -0.25) is 0 Å². The zero-order valence-electron chi connectivity index (χ0n) is 12.3. The first-order valence-electron chi connectivity index (χ1n) is 6.75. The van der Waals surface area contributed by atoms with Crippen LogP contribution in [-0.4, -0.2) is 12.0 Å². The average molecular weight is 338 g/mol. The molecule has 0 unspecified atom stereocenters. The number of ether oxygens (including phenoxy) is 1. The van der Waals surface area contributed by atoms with Crippen LogP contribution >= 0.6 is 0 Å². The number of nitrogens with two attached hydrogens (primary N) is 1. The fraction of sp³-hybridized carbons (Fsp3) is 0.125. The van der Waals surface area contributed by atoms with Gasteiger partial charge >= 0.3 is 18.2 Å². The van der Waals surface area contributed by atoms with E-state index in [0.29, 0.717) is 5.69 Å². The van der Waals surface area contributed by atoms with Crippen LogP contribution in [0.3, 0.4) is 0 Å². The summed E-state index contributed by atoms with van der Waals surface area (Å²) in [4.78, 5) is 22.6. The SMILES string of the molecule is NC(=O)Nc1ccc(C(=O)OCc2cccc(C(F)(F)F)c2)cc1. The van der Waals surface area contributed by atoms with Crippen LogP contribution in [0.15, 0.2) is 48.5 Å². The van der Waals surface area contributed by atoms with E-state index in [-0.39, 0.29) is 17.7 Å². The zero-order valence-corrected chi connectivity index (χ0v) is 12.3. The number of nitrogens with one attached hydrogen (secondary N) is 1. The molecule has 0 bridgehead atoms. The number of amides is 2. The summed E-state index contributed by atoms with van der Waals surface area (Å²) in [5, 5.41) is 2.33. The fourth-order valence-electron chi connectivity index (χ4n) is 1.90. The third-order valence-corrected chi connectivity index (χ3v) is 3.01. The molecule has 2 aromatic rings. The minimum Gasteiger partial charge on any atom is -0.457 e. The molecular formula is C16H13F3N2O3. The third kappa shape index (κ3) is 4.73. The lowest BCUT2D eigenvalue weighted by Gasteiger charge is -2.09. The number of primary amides is 1. The molecule has 0 atom stereocenters. The van der Waals surface area contributed by atoms with E-state index < -0.39 is 23.7 Å². The Labute approximate surface area is 135 Å². The Balaban J connectivity index is 1.99. The van der Waals surface area contributed by atoms with Gasteiger partial charge in [-0.05, 0) is 42.0 Å². The van der Waals surface area contributed by atoms with E-state index in [2.05, 4.69) is 5.32 Å². The zero-order chi connectivity index (χ0) is 17.7. The van der Waals surface area contributed by atoms with Gasteiger partial charge in [0, 0.05) is 5.69 Å². The van der Waals surface area contributed by atoms with Gasteiger partial charge in [0.15, 0.2) is 0 Å². The van der Waals surface area contributed by atoms with Crippen LogP contribution in [0.5, 0.6) is 0 Å². The van der Waals surface area contributed by atoms with Gasteiger partial charge in [0.1, 0.15) is 6.61 Å². The number of alkyl halides is 3. The molecule has 8 heteroatoms. The number of hydrogen-bond acceptors (Lipinski definition) is 3. The van der Waals surface area contributed by atoms with Gasteiger partial charge in [-0.2, -0.15) is 13.2 Å². The van der Waals surface area contributed by atoms with E-state index in [4.69, 9.17) is 10.5 Å². The second kappa shape index (κ2) is 7.03.